The van der Waals surface area contributed by atoms with Gasteiger partial charge in [0.05, 0.1) is 5.92 Å². The van der Waals surface area contributed by atoms with Crippen LogP contribution in [-0.4, -0.2) is 16.6 Å². The number of hydrogen-bond donors (Lipinski definition) is 0. The zero-order valence-corrected chi connectivity index (χ0v) is 10.4. The molecular weight excluding hydrogens is 270 g/mol. The minimum Gasteiger partial charge on any atom is -0.299 e. The SMILES string of the molecule is O=C1CCCCC1C(=O)c1cccc(Br)n1. The van der Waals surface area contributed by atoms with Gasteiger partial charge in [0.15, 0.2) is 5.78 Å². The monoisotopic (exact) mass is 281 g/mol. The Morgan fingerprint density at radius 3 is 2.88 bits per heavy atom. The molecule has 1 aromatic heterocycles. The van der Waals surface area contributed by atoms with Crippen LogP contribution >= 0.6 is 15.9 Å². The number of nitrogens with zero attached hydrogens (tertiary/aromatic N) is 1. The summed E-state index contributed by atoms with van der Waals surface area (Å²) >= 11 is 3.22. The first-order chi connectivity index (χ1) is 7.68. The van der Waals surface area contributed by atoms with Gasteiger partial charge in [0, 0.05) is 6.42 Å². The van der Waals surface area contributed by atoms with Crippen molar-refractivity contribution in [3.8, 4) is 0 Å². The molecule has 1 atom stereocenters. The highest BCUT2D eigenvalue weighted by Gasteiger charge is 2.30. The van der Waals surface area contributed by atoms with E-state index in [2.05, 4.69) is 20.9 Å². The van der Waals surface area contributed by atoms with Gasteiger partial charge in [-0.1, -0.05) is 12.5 Å². The molecule has 0 radical (unpaired) electrons. The minimum atomic E-state index is -0.462. The molecule has 4 heteroatoms. The van der Waals surface area contributed by atoms with Crippen LogP contribution < -0.4 is 0 Å². The highest BCUT2D eigenvalue weighted by atomic mass is 79.9. The van der Waals surface area contributed by atoms with Gasteiger partial charge in [-0.05, 0) is 40.9 Å². The van der Waals surface area contributed by atoms with Gasteiger partial charge in [-0.2, -0.15) is 0 Å². The molecule has 0 aromatic carbocycles. The van der Waals surface area contributed by atoms with Crippen LogP contribution in [0.4, 0.5) is 0 Å². The molecule has 0 aliphatic heterocycles. The number of hydrogen-bond acceptors (Lipinski definition) is 3. The van der Waals surface area contributed by atoms with Crippen LogP contribution in [0.3, 0.4) is 0 Å². The zero-order valence-electron chi connectivity index (χ0n) is 8.78. The molecule has 1 aromatic rings. The Hall–Kier alpha value is -1.03. The molecule has 0 amide bonds. The Morgan fingerprint density at radius 2 is 2.19 bits per heavy atom. The molecule has 84 valence electrons. The molecule has 0 bridgehead atoms. The Morgan fingerprint density at radius 1 is 1.38 bits per heavy atom. The number of halogens is 1. The number of aromatic nitrogens is 1. The smallest absolute Gasteiger partial charge is 0.191 e. The molecule has 0 spiro atoms. The number of carbonyl (C=O) groups excluding carboxylic acids is 2. The van der Waals surface area contributed by atoms with Crippen molar-refractivity contribution < 1.29 is 9.59 Å². The molecule has 2 rings (SSSR count). The lowest BCUT2D eigenvalue weighted by molar-refractivity contribution is -0.122. The summed E-state index contributed by atoms with van der Waals surface area (Å²) in [5, 5.41) is 0. The first-order valence-electron chi connectivity index (χ1n) is 5.38. The van der Waals surface area contributed by atoms with Gasteiger partial charge in [0.1, 0.15) is 16.1 Å². The third-order valence-corrected chi connectivity index (χ3v) is 3.28. The molecule has 1 saturated carbocycles. The van der Waals surface area contributed by atoms with Gasteiger partial charge in [0.2, 0.25) is 0 Å². The van der Waals surface area contributed by atoms with Crippen molar-refractivity contribution in [2.45, 2.75) is 25.7 Å². The van der Waals surface area contributed by atoms with Crippen molar-refractivity contribution in [2.24, 2.45) is 5.92 Å². The summed E-state index contributed by atoms with van der Waals surface area (Å²) in [7, 11) is 0. The third-order valence-electron chi connectivity index (χ3n) is 2.84. The highest BCUT2D eigenvalue weighted by Crippen LogP contribution is 2.24. The van der Waals surface area contributed by atoms with E-state index >= 15 is 0 Å². The summed E-state index contributed by atoms with van der Waals surface area (Å²) in [5.74, 6) is -0.528. The van der Waals surface area contributed by atoms with Crippen LogP contribution in [0.25, 0.3) is 0 Å². The lowest BCUT2D eigenvalue weighted by Gasteiger charge is -2.18. The van der Waals surface area contributed by atoms with Gasteiger partial charge in [0.25, 0.3) is 0 Å². The second-order valence-electron chi connectivity index (χ2n) is 3.97. The fourth-order valence-corrected chi connectivity index (χ4v) is 2.33. The Labute approximate surface area is 102 Å². The molecule has 0 saturated heterocycles. The highest BCUT2D eigenvalue weighted by molar-refractivity contribution is 9.10. The van der Waals surface area contributed by atoms with Gasteiger partial charge < -0.3 is 0 Å². The number of Topliss-reactive ketones (excluding diaryl/α,β-unsaturated/α-hetero) is 2. The van der Waals surface area contributed by atoms with Crippen molar-refractivity contribution in [3.05, 3.63) is 28.5 Å². The predicted molar refractivity (Wildman–Crippen MR) is 63.2 cm³/mol. The van der Waals surface area contributed by atoms with Crippen molar-refractivity contribution in [3.63, 3.8) is 0 Å². The number of ketones is 2. The van der Waals surface area contributed by atoms with Gasteiger partial charge >= 0.3 is 0 Å². The third kappa shape index (κ3) is 2.38. The van der Waals surface area contributed by atoms with E-state index in [1.165, 1.54) is 0 Å². The van der Waals surface area contributed by atoms with Crippen LogP contribution in [0.15, 0.2) is 22.8 Å². The lowest BCUT2D eigenvalue weighted by atomic mass is 9.84. The summed E-state index contributed by atoms with van der Waals surface area (Å²) in [5.41, 5.74) is 0.384. The van der Waals surface area contributed by atoms with Crippen LogP contribution in [0.5, 0.6) is 0 Å². The minimum absolute atomic E-state index is 0.0676. The molecule has 3 nitrogen and oxygen atoms in total. The van der Waals surface area contributed by atoms with E-state index in [1.54, 1.807) is 18.2 Å². The maximum atomic E-state index is 12.1. The first-order valence-corrected chi connectivity index (χ1v) is 6.17. The van der Waals surface area contributed by atoms with E-state index in [-0.39, 0.29) is 11.6 Å². The molecule has 1 fully saturated rings. The summed E-state index contributed by atoms with van der Waals surface area (Å²) in [6.07, 6.45) is 3.07. The standard InChI is InChI=1S/C12H12BrNO2/c13-11-7-3-5-9(14-11)12(16)8-4-1-2-6-10(8)15/h3,5,7-8H,1-2,4,6H2. The van der Waals surface area contributed by atoms with E-state index in [1.807, 2.05) is 0 Å². The van der Waals surface area contributed by atoms with E-state index < -0.39 is 5.92 Å². The molecule has 1 heterocycles. The van der Waals surface area contributed by atoms with E-state index in [0.29, 0.717) is 23.1 Å². The van der Waals surface area contributed by atoms with E-state index in [9.17, 15) is 9.59 Å². The Bertz CT molecular complexity index is 431. The molecule has 1 unspecified atom stereocenters. The van der Waals surface area contributed by atoms with Crippen LogP contribution in [0, 0.1) is 5.92 Å². The Kier molecular flexibility index (Phi) is 3.49. The van der Waals surface area contributed by atoms with Crippen molar-refractivity contribution >= 4 is 27.5 Å². The lowest BCUT2D eigenvalue weighted by Crippen LogP contribution is -2.27. The normalized spacial score (nSPS) is 20.8. The average Bonchev–Trinajstić information content (AvgIpc) is 2.29. The quantitative estimate of drug-likeness (QED) is 0.476. The van der Waals surface area contributed by atoms with Gasteiger partial charge in [-0.3, -0.25) is 9.59 Å². The Balaban J connectivity index is 2.21. The van der Waals surface area contributed by atoms with Crippen LogP contribution in [0.2, 0.25) is 0 Å². The van der Waals surface area contributed by atoms with Crippen molar-refractivity contribution in [1.29, 1.82) is 0 Å². The van der Waals surface area contributed by atoms with Crippen LogP contribution in [-0.2, 0) is 4.79 Å². The topological polar surface area (TPSA) is 47.0 Å². The maximum Gasteiger partial charge on any atom is 0.191 e. The summed E-state index contributed by atoms with van der Waals surface area (Å²) in [6, 6.07) is 5.19. The summed E-state index contributed by atoms with van der Waals surface area (Å²) in [4.78, 5) is 27.8. The maximum absolute atomic E-state index is 12.1. The molecule has 16 heavy (non-hydrogen) atoms. The first kappa shape index (κ1) is 11.5. The van der Waals surface area contributed by atoms with Crippen molar-refractivity contribution in [2.75, 3.05) is 0 Å². The van der Waals surface area contributed by atoms with E-state index in [0.717, 1.165) is 12.8 Å². The fourth-order valence-electron chi connectivity index (χ4n) is 1.98. The van der Waals surface area contributed by atoms with Crippen LogP contribution in [0.1, 0.15) is 36.2 Å². The predicted octanol–water partition coefficient (Wildman–Crippen LogP) is 2.79. The number of pyridine rings is 1. The summed E-state index contributed by atoms with van der Waals surface area (Å²) in [6.45, 7) is 0. The number of carbonyl (C=O) groups is 2. The zero-order chi connectivity index (χ0) is 11.5. The number of rotatable bonds is 2. The van der Waals surface area contributed by atoms with Crippen molar-refractivity contribution in [1.82, 2.24) is 4.98 Å². The molecule has 1 aliphatic carbocycles. The molecule has 1 aliphatic rings. The van der Waals surface area contributed by atoms with Gasteiger partial charge in [-0.25, -0.2) is 4.98 Å². The second kappa shape index (κ2) is 4.87. The summed E-state index contributed by atoms with van der Waals surface area (Å²) < 4.78 is 0.626. The fraction of sp³-hybridized carbons (Fsp3) is 0.417. The average molecular weight is 282 g/mol. The molecule has 0 N–H and O–H groups in total. The largest absolute Gasteiger partial charge is 0.299 e. The van der Waals surface area contributed by atoms with E-state index in [4.69, 9.17) is 0 Å². The second-order valence-corrected chi connectivity index (χ2v) is 4.79. The van der Waals surface area contributed by atoms with Gasteiger partial charge in [-0.15, -0.1) is 0 Å². The molecular formula is C12H12BrNO2.